The lowest BCUT2D eigenvalue weighted by Gasteiger charge is -2.35. The van der Waals surface area contributed by atoms with E-state index in [1.54, 1.807) is 10.4 Å². The summed E-state index contributed by atoms with van der Waals surface area (Å²) >= 11 is 0. The van der Waals surface area contributed by atoms with Crippen LogP contribution in [0.1, 0.15) is 11.1 Å². The first-order valence-electron chi connectivity index (χ1n) is 10.4. The first-order valence-corrected chi connectivity index (χ1v) is 11.9. The van der Waals surface area contributed by atoms with E-state index in [2.05, 4.69) is 31.9 Å². The fraction of sp³-hybridized carbons (Fsp3) is 0.524. The van der Waals surface area contributed by atoms with Crippen LogP contribution in [0, 0.1) is 13.8 Å². The average molecular weight is 431 g/mol. The molecule has 0 unspecified atom stereocenters. The molecule has 2 aliphatic rings. The van der Waals surface area contributed by atoms with E-state index in [1.165, 1.54) is 0 Å². The standard InChI is InChI=1S/C21H30N6O2S/c1-17-4-5-18(2)19(16-17)30(28,29)27-14-12-26(13-15-27)21-7-6-20(22-23-21)25-10-8-24(3)9-11-25/h4-7,16H,8-15H2,1-3H3. The molecule has 2 aromatic rings. The number of rotatable bonds is 4. The monoisotopic (exact) mass is 430 g/mol. The summed E-state index contributed by atoms with van der Waals surface area (Å²) in [7, 11) is -1.36. The van der Waals surface area contributed by atoms with Crippen LogP contribution in [0.3, 0.4) is 0 Å². The summed E-state index contributed by atoms with van der Waals surface area (Å²) in [5.74, 6) is 1.71. The minimum absolute atomic E-state index is 0.410. The normalized spacial score (nSPS) is 19.3. The molecule has 0 aliphatic carbocycles. The van der Waals surface area contributed by atoms with Crippen molar-refractivity contribution < 1.29 is 8.42 Å². The number of aromatic nitrogens is 2. The summed E-state index contributed by atoms with van der Waals surface area (Å²) in [5.41, 5.74) is 1.74. The van der Waals surface area contributed by atoms with Gasteiger partial charge in [0.15, 0.2) is 11.6 Å². The second kappa shape index (κ2) is 8.49. The van der Waals surface area contributed by atoms with Crippen LogP contribution in [0.2, 0.25) is 0 Å². The Bertz CT molecular complexity index is 979. The van der Waals surface area contributed by atoms with Crippen molar-refractivity contribution in [2.45, 2.75) is 18.7 Å². The highest BCUT2D eigenvalue weighted by molar-refractivity contribution is 7.89. The van der Waals surface area contributed by atoms with E-state index in [4.69, 9.17) is 0 Å². The maximum Gasteiger partial charge on any atom is 0.243 e. The fourth-order valence-corrected chi connectivity index (χ4v) is 5.70. The zero-order valence-corrected chi connectivity index (χ0v) is 18.8. The minimum atomic E-state index is -3.49. The summed E-state index contributed by atoms with van der Waals surface area (Å²) in [6, 6.07) is 9.59. The van der Waals surface area contributed by atoms with E-state index in [9.17, 15) is 8.42 Å². The van der Waals surface area contributed by atoms with Crippen LogP contribution in [0.4, 0.5) is 11.6 Å². The Balaban J connectivity index is 1.40. The smallest absolute Gasteiger partial charge is 0.243 e. The van der Waals surface area contributed by atoms with E-state index < -0.39 is 10.0 Å². The lowest BCUT2D eigenvalue weighted by atomic mass is 10.2. The summed E-state index contributed by atoms with van der Waals surface area (Å²) in [6.45, 7) is 9.83. The molecule has 30 heavy (non-hydrogen) atoms. The van der Waals surface area contributed by atoms with Gasteiger partial charge in [0.05, 0.1) is 4.90 Å². The first-order chi connectivity index (χ1) is 14.3. The van der Waals surface area contributed by atoms with Crippen molar-refractivity contribution in [3.8, 4) is 0 Å². The Morgan fingerprint density at radius 3 is 1.83 bits per heavy atom. The maximum absolute atomic E-state index is 13.1. The molecule has 0 saturated carbocycles. The van der Waals surface area contributed by atoms with Gasteiger partial charge in [-0.3, -0.25) is 0 Å². The van der Waals surface area contributed by atoms with Crippen molar-refractivity contribution >= 4 is 21.7 Å². The van der Waals surface area contributed by atoms with Gasteiger partial charge in [0, 0.05) is 52.4 Å². The zero-order chi connectivity index (χ0) is 21.3. The Morgan fingerprint density at radius 2 is 1.30 bits per heavy atom. The van der Waals surface area contributed by atoms with Crippen molar-refractivity contribution in [1.29, 1.82) is 0 Å². The molecule has 3 heterocycles. The highest BCUT2D eigenvalue weighted by atomic mass is 32.2. The second-order valence-electron chi connectivity index (χ2n) is 8.20. The lowest BCUT2D eigenvalue weighted by Crippen LogP contribution is -2.49. The molecule has 162 valence electrons. The van der Waals surface area contributed by atoms with Crippen molar-refractivity contribution in [2.24, 2.45) is 0 Å². The molecule has 4 rings (SSSR count). The van der Waals surface area contributed by atoms with E-state index in [0.29, 0.717) is 31.1 Å². The molecular weight excluding hydrogens is 400 g/mol. The largest absolute Gasteiger partial charge is 0.353 e. The number of likely N-dealkylation sites (N-methyl/N-ethyl adjacent to an activating group) is 1. The van der Waals surface area contributed by atoms with Gasteiger partial charge in [-0.2, -0.15) is 4.31 Å². The Morgan fingerprint density at radius 1 is 0.767 bits per heavy atom. The van der Waals surface area contributed by atoms with E-state index >= 15 is 0 Å². The molecule has 0 bridgehead atoms. The molecule has 1 aromatic heterocycles. The zero-order valence-electron chi connectivity index (χ0n) is 18.0. The molecule has 0 N–H and O–H groups in total. The van der Waals surface area contributed by atoms with Gasteiger partial charge in [-0.15, -0.1) is 10.2 Å². The van der Waals surface area contributed by atoms with Gasteiger partial charge in [-0.25, -0.2) is 8.42 Å². The van der Waals surface area contributed by atoms with Gasteiger partial charge in [-0.05, 0) is 50.2 Å². The van der Waals surface area contributed by atoms with Crippen molar-refractivity contribution in [3.63, 3.8) is 0 Å². The number of hydrogen-bond donors (Lipinski definition) is 0. The lowest BCUT2D eigenvalue weighted by molar-refractivity contribution is 0.312. The SMILES string of the molecule is Cc1ccc(C)c(S(=O)(=O)N2CCN(c3ccc(N4CCN(C)CC4)nn3)CC2)c1. The molecular formula is C21H30N6O2S. The van der Waals surface area contributed by atoms with E-state index in [0.717, 1.165) is 48.9 Å². The molecule has 0 amide bonds. The van der Waals surface area contributed by atoms with E-state index in [1.807, 2.05) is 38.1 Å². The predicted octanol–water partition coefficient (Wildman–Crippen LogP) is 1.36. The van der Waals surface area contributed by atoms with Crippen LogP contribution in [0.25, 0.3) is 0 Å². The van der Waals surface area contributed by atoms with Gasteiger partial charge >= 0.3 is 0 Å². The summed E-state index contributed by atoms with van der Waals surface area (Å²) < 4.78 is 27.8. The molecule has 0 spiro atoms. The number of aryl methyl sites for hydroxylation is 2. The van der Waals surface area contributed by atoms with Crippen LogP contribution in [0.5, 0.6) is 0 Å². The quantitative estimate of drug-likeness (QED) is 0.725. The Labute approximate surface area is 179 Å². The third-order valence-electron chi connectivity index (χ3n) is 5.99. The molecule has 9 heteroatoms. The number of benzene rings is 1. The van der Waals surface area contributed by atoms with Gasteiger partial charge in [-0.1, -0.05) is 12.1 Å². The Kier molecular flexibility index (Phi) is 5.95. The highest BCUT2D eigenvalue weighted by Gasteiger charge is 2.30. The van der Waals surface area contributed by atoms with Crippen molar-refractivity contribution in [2.75, 3.05) is 69.2 Å². The maximum atomic E-state index is 13.1. The topological polar surface area (TPSA) is 72.9 Å². The van der Waals surface area contributed by atoms with Crippen LogP contribution < -0.4 is 9.80 Å². The highest BCUT2D eigenvalue weighted by Crippen LogP contribution is 2.24. The van der Waals surface area contributed by atoms with Gasteiger partial charge in [0.1, 0.15) is 0 Å². The first kappa shape index (κ1) is 21.0. The van der Waals surface area contributed by atoms with Gasteiger partial charge in [0.25, 0.3) is 0 Å². The van der Waals surface area contributed by atoms with Crippen LogP contribution in [-0.2, 0) is 10.0 Å². The van der Waals surface area contributed by atoms with Crippen LogP contribution >= 0.6 is 0 Å². The number of piperazine rings is 2. The van der Waals surface area contributed by atoms with Crippen molar-refractivity contribution in [3.05, 3.63) is 41.5 Å². The minimum Gasteiger partial charge on any atom is -0.353 e. The molecule has 2 aliphatic heterocycles. The summed E-state index contributed by atoms with van der Waals surface area (Å²) in [4.78, 5) is 7.08. The van der Waals surface area contributed by atoms with Gasteiger partial charge < -0.3 is 14.7 Å². The fourth-order valence-electron chi connectivity index (χ4n) is 3.97. The molecule has 1 aromatic carbocycles. The molecule has 2 saturated heterocycles. The summed E-state index contributed by atoms with van der Waals surface area (Å²) in [5, 5.41) is 8.84. The Hall–Kier alpha value is -2.23. The third-order valence-corrected chi connectivity index (χ3v) is 8.03. The average Bonchev–Trinajstić information content (AvgIpc) is 2.76. The third kappa shape index (κ3) is 4.28. The molecule has 0 radical (unpaired) electrons. The molecule has 2 fully saturated rings. The number of hydrogen-bond acceptors (Lipinski definition) is 7. The molecule has 0 atom stereocenters. The number of anilines is 2. The second-order valence-corrected chi connectivity index (χ2v) is 10.1. The van der Waals surface area contributed by atoms with Crippen LogP contribution in [-0.4, -0.2) is 87.2 Å². The van der Waals surface area contributed by atoms with Crippen LogP contribution in [0.15, 0.2) is 35.2 Å². The molecule has 8 nitrogen and oxygen atoms in total. The number of sulfonamides is 1. The van der Waals surface area contributed by atoms with Gasteiger partial charge in [0.2, 0.25) is 10.0 Å². The van der Waals surface area contributed by atoms with Crippen molar-refractivity contribution in [1.82, 2.24) is 19.4 Å². The number of nitrogens with zero attached hydrogens (tertiary/aromatic N) is 6. The summed E-state index contributed by atoms with van der Waals surface area (Å²) in [6.07, 6.45) is 0. The predicted molar refractivity (Wildman–Crippen MR) is 119 cm³/mol. The van der Waals surface area contributed by atoms with E-state index in [-0.39, 0.29) is 0 Å².